The van der Waals surface area contributed by atoms with Crippen LogP contribution in [-0.4, -0.2) is 110 Å². The van der Waals surface area contributed by atoms with Crippen LogP contribution in [0.25, 0.3) is 11.2 Å². The van der Waals surface area contributed by atoms with Gasteiger partial charge in [-0.1, -0.05) is 17.9 Å². The molecular weight excluding hydrogens is 754 g/mol. The van der Waals surface area contributed by atoms with E-state index in [4.69, 9.17) is 16.2 Å². The highest BCUT2D eigenvalue weighted by Gasteiger charge is 2.45. The van der Waals surface area contributed by atoms with Gasteiger partial charge in [0.05, 0.1) is 36.2 Å². The summed E-state index contributed by atoms with van der Waals surface area (Å²) in [6.07, 6.45) is 1.22. The number of carbonyl (C=O) groups is 7. The van der Waals surface area contributed by atoms with E-state index in [1.807, 2.05) is 11.9 Å². The summed E-state index contributed by atoms with van der Waals surface area (Å²) >= 11 is 0. The molecule has 58 heavy (non-hydrogen) atoms. The summed E-state index contributed by atoms with van der Waals surface area (Å²) in [5.41, 5.74) is 14.1. The number of nitrogens with one attached hydrogen (secondary N) is 3. The van der Waals surface area contributed by atoms with Crippen LogP contribution in [0.2, 0.25) is 0 Å². The number of ether oxygens (including phenoxy) is 1. The molecule has 0 saturated carbocycles. The lowest BCUT2D eigenvalue weighted by Crippen LogP contribution is -2.54. The summed E-state index contributed by atoms with van der Waals surface area (Å²) in [5, 5.41) is 16.9. The van der Waals surface area contributed by atoms with E-state index in [0.717, 1.165) is 10.6 Å². The van der Waals surface area contributed by atoms with E-state index < -0.39 is 53.5 Å². The first-order chi connectivity index (χ1) is 27.8. The Morgan fingerprint density at radius 1 is 1.07 bits per heavy atom. The number of carboxylic acid groups (broad SMARTS) is 1. The van der Waals surface area contributed by atoms with Gasteiger partial charge in [-0.05, 0) is 49.2 Å². The van der Waals surface area contributed by atoms with Crippen molar-refractivity contribution < 1.29 is 43.4 Å². The number of amides is 6. The van der Waals surface area contributed by atoms with Crippen LogP contribution in [0.15, 0.2) is 48.7 Å². The molecule has 4 aromatic rings. The average molecular weight is 792 g/mol. The van der Waals surface area contributed by atoms with Gasteiger partial charge in [-0.3, -0.25) is 39.0 Å². The van der Waals surface area contributed by atoms with Gasteiger partial charge >= 0.3 is 5.97 Å². The minimum absolute atomic E-state index is 0.00368. The van der Waals surface area contributed by atoms with Crippen molar-refractivity contribution in [2.75, 3.05) is 43.2 Å². The zero-order valence-electron chi connectivity index (χ0n) is 31.0. The largest absolute Gasteiger partial charge is 0.480 e. The molecule has 298 valence electrons. The molecule has 1 fully saturated rings. The molecule has 2 aliphatic heterocycles. The maximum absolute atomic E-state index is 13.2. The molecule has 4 heterocycles. The zero-order valence-corrected chi connectivity index (χ0v) is 31.0. The second-order valence-electron chi connectivity index (χ2n) is 13.2. The Morgan fingerprint density at radius 3 is 2.59 bits per heavy atom. The molecule has 0 radical (unpaired) electrons. The number of carboxylic acids is 1. The normalized spacial score (nSPS) is 15.3. The van der Waals surface area contributed by atoms with Gasteiger partial charge in [0.25, 0.3) is 17.7 Å². The number of fused-ring (bicyclic) bond motifs is 2. The molecule has 6 amide bonds. The Bertz CT molecular complexity index is 2390. The number of nitrogens with two attached hydrogens (primary N) is 2. The Kier molecular flexibility index (Phi) is 12.1. The molecule has 20 heteroatoms. The van der Waals surface area contributed by atoms with Crippen LogP contribution in [0, 0.1) is 11.8 Å². The lowest BCUT2D eigenvalue weighted by molar-refractivity contribution is -0.140. The summed E-state index contributed by atoms with van der Waals surface area (Å²) in [7, 11) is 1.81. The van der Waals surface area contributed by atoms with Crippen molar-refractivity contribution in [1.82, 2.24) is 40.8 Å². The number of aliphatic carboxylic acids is 1. The molecule has 2 atom stereocenters. The lowest BCUT2D eigenvalue weighted by Gasteiger charge is -2.27. The molecule has 0 aliphatic carbocycles. The minimum atomic E-state index is -1.33. The highest BCUT2D eigenvalue weighted by Crippen LogP contribution is 2.29. The summed E-state index contributed by atoms with van der Waals surface area (Å²) < 4.78 is 5.45. The van der Waals surface area contributed by atoms with Crippen molar-refractivity contribution in [3.8, 4) is 11.8 Å². The molecule has 1 saturated heterocycles. The molecule has 0 bridgehead atoms. The van der Waals surface area contributed by atoms with E-state index in [9.17, 15) is 38.7 Å². The smallest absolute Gasteiger partial charge is 0.326 e. The Balaban J connectivity index is 0.918. The van der Waals surface area contributed by atoms with Crippen LogP contribution in [0.5, 0.6) is 0 Å². The molecule has 8 N–H and O–H groups in total. The van der Waals surface area contributed by atoms with Gasteiger partial charge in [-0.25, -0.2) is 14.8 Å². The molecule has 1 unspecified atom stereocenters. The predicted octanol–water partition coefficient (Wildman–Crippen LogP) is -0.230. The Labute approximate surface area is 329 Å². The van der Waals surface area contributed by atoms with Gasteiger partial charge < -0.3 is 36.8 Å². The third-order valence-corrected chi connectivity index (χ3v) is 9.17. The van der Waals surface area contributed by atoms with Crippen LogP contribution in [0.4, 0.5) is 17.5 Å². The number of hydrogen-bond donors (Lipinski definition) is 6. The number of carbonyl (C=O) groups excluding carboxylic acids is 6. The number of nitrogens with zero attached hydrogens (tertiary/aromatic N) is 6. The van der Waals surface area contributed by atoms with E-state index in [0.29, 0.717) is 17.8 Å². The number of nitrogen functional groups attached to an aromatic ring is 2. The van der Waals surface area contributed by atoms with Crippen molar-refractivity contribution in [1.29, 1.82) is 0 Å². The van der Waals surface area contributed by atoms with Gasteiger partial charge in [0, 0.05) is 43.2 Å². The third kappa shape index (κ3) is 9.11. The zero-order chi connectivity index (χ0) is 41.5. The number of aromatic nitrogens is 4. The fourth-order valence-electron chi connectivity index (χ4n) is 6.26. The van der Waals surface area contributed by atoms with Crippen molar-refractivity contribution in [3.63, 3.8) is 0 Å². The van der Waals surface area contributed by atoms with E-state index >= 15 is 0 Å². The van der Waals surface area contributed by atoms with Crippen LogP contribution >= 0.6 is 0 Å². The van der Waals surface area contributed by atoms with Gasteiger partial charge in [0.15, 0.2) is 17.0 Å². The van der Waals surface area contributed by atoms with Crippen LogP contribution in [0.1, 0.15) is 68.0 Å². The molecule has 2 aliphatic rings. The number of piperidine rings is 1. The molecule has 2 aromatic carbocycles. The highest BCUT2D eigenvalue weighted by atomic mass is 16.5. The summed E-state index contributed by atoms with van der Waals surface area (Å²) in [4.78, 5) is 107. The summed E-state index contributed by atoms with van der Waals surface area (Å²) in [6, 6.07) is 8.63. The van der Waals surface area contributed by atoms with Gasteiger partial charge in [0.2, 0.25) is 23.7 Å². The van der Waals surface area contributed by atoms with Gasteiger partial charge in [-0.15, -0.1) is 0 Å². The number of anilines is 3. The third-order valence-electron chi connectivity index (χ3n) is 9.17. The first kappa shape index (κ1) is 40.1. The van der Waals surface area contributed by atoms with Gasteiger partial charge in [0.1, 0.15) is 18.7 Å². The summed E-state index contributed by atoms with van der Waals surface area (Å²) in [6.45, 7) is 0.405. The van der Waals surface area contributed by atoms with E-state index in [1.54, 1.807) is 42.6 Å². The van der Waals surface area contributed by atoms with Gasteiger partial charge in [-0.2, -0.15) is 9.97 Å². The molecular formula is C38H37N11O9. The fraction of sp³-hybridized carbons (Fsp3) is 0.289. The standard InChI is InChI=1S/C38H37N11O9/c1-48(19-22-18-42-32-30(43-22)31(39)46-38(40)47-32)23-9-7-21(8-10-23)33(52)44-25(37(56)57)11-13-27(50)41-15-17-58-16-3-5-20-4-2-6-24-29(20)36(55)49(35(24)54)26-12-14-28(51)45-34(26)53/h2,4,6-10,18,25-26H,11-17,19H2,1H3,(H,41,50)(H,44,52)(H,56,57)(H,45,51,53)(H4,39,40,42,46,47)/t25-,26?/m0/s1. The molecule has 0 spiro atoms. The average Bonchev–Trinajstić information content (AvgIpc) is 3.45. The maximum atomic E-state index is 13.2. The van der Waals surface area contributed by atoms with E-state index in [1.165, 1.54) is 6.07 Å². The SMILES string of the molecule is CN(Cc1cnc2nc(N)nc(N)c2n1)c1ccc(C(=O)N[C@@H](CCC(=O)NCCOCC#Cc2cccc3c2C(=O)N(C2CCC(=O)NC2=O)C3=O)C(=O)O)cc1. The summed E-state index contributed by atoms with van der Waals surface area (Å²) in [5.74, 6) is 0.791. The van der Waals surface area contributed by atoms with Crippen LogP contribution in [0.3, 0.4) is 0 Å². The Hall–Kier alpha value is -7.53. The Morgan fingerprint density at radius 2 is 1.84 bits per heavy atom. The van der Waals surface area contributed by atoms with E-state index in [2.05, 4.69) is 47.7 Å². The monoisotopic (exact) mass is 791 g/mol. The molecule has 2 aromatic heterocycles. The highest BCUT2D eigenvalue weighted by molar-refractivity contribution is 6.24. The number of rotatable bonds is 14. The quantitative estimate of drug-likeness (QED) is 0.0546. The van der Waals surface area contributed by atoms with Crippen molar-refractivity contribution >= 4 is 70.0 Å². The van der Waals surface area contributed by atoms with E-state index in [-0.39, 0.29) is 85.1 Å². The van der Waals surface area contributed by atoms with Crippen LogP contribution in [-0.2, 0) is 30.5 Å². The topological polar surface area (TPSA) is 295 Å². The van der Waals surface area contributed by atoms with Crippen molar-refractivity contribution in [3.05, 3.63) is 76.6 Å². The predicted molar refractivity (Wildman–Crippen MR) is 204 cm³/mol. The fourth-order valence-corrected chi connectivity index (χ4v) is 6.26. The van der Waals surface area contributed by atoms with Crippen LogP contribution < -0.4 is 32.3 Å². The molecule has 6 rings (SSSR count). The number of hydrogen-bond acceptors (Lipinski definition) is 15. The van der Waals surface area contributed by atoms with Crippen molar-refractivity contribution in [2.24, 2.45) is 0 Å². The van der Waals surface area contributed by atoms with Crippen molar-refractivity contribution in [2.45, 2.75) is 44.3 Å². The minimum Gasteiger partial charge on any atom is -0.480 e. The first-order valence-electron chi connectivity index (χ1n) is 17.9. The number of benzene rings is 2. The second-order valence-corrected chi connectivity index (χ2v) is 13.2. The first-order valence-corrected chi connectivity index (χ1v) is 17.9. The lowest BCUT2D eigenvalue weighted by atomic mass is 10.0. The second kappa shape index (κ2) is 17.5. The number of imide groups is 2. The molecule has 20 nitrogen and oxygen atoms in total. The maximum Gasteiger partial charge on any atom is 0.326 e.